The highest BCUT2D eigenvalue weighted by Crippen LogP contribution is 2.08. The van der Waals surface area contributed by atoms with Crippen LogP contribution in [0.5, 0.6) is 0 Å². The minimum Gasteiger partial charge on any atom is -0.289 e. The molecule has 0 spiro atoms. The van der Waals surface area contributed by atoms with E-state index < -0.39 is 0 Å². The summed E-state index contributed by atoms with van der Waals surface area (Å²) >= 11 is 0. The Morgan fingerprint density at radius 1 is 1.00 bits per heavy atom. The van der Waals surface area contributed by atoms with Gasteiger partial charge in [-0.2, -0.15) is 0 Å². The Bertz CT molecular complexity index is 338. The summed E-state index contributed by atoms with van der Waals surface area (Å²) in [5.41, 5.74) is 1.31. The molecule has 0 aliphatic carbocycles. The highest BCUT2D eigenvalue weighted by atomic mass is 16.1. The minimum atomic E-state index is 0.00996. The molecule has 0 rings (SSSR count). The molecule has 0 aromatic heterocycles. The van der Waals surface area contributed by atoms with Crippen molar-refractivity contribution < 1.29 is 4.79 Å². The number of hydrogen-bond donors (Lipinski definition) is 0. The van der Waals surface area contributed by atoms with Crippen LogP contribution in [0.15, 0.2) is 60.3 Å². The molecule has 0 saturated heterocycles. The van der Waals surface area contributed by atoms with Crippen molar-refractivity contribution in [3.05, 3.63) is 60.3 Å². The van der Waals surface area contributed by atoms with Crippen molar-refractivity contribution in [2.24, 2.45) is 0 Å². The van der Waals surface area contributed by atoms with Crippen molar-refractivity contribution in [2.45, 2.75) is 20.8 Å². The molecule has 0 radical (unpaired) electrons. The number of ketones is 1. The predicted molar refractivity (Wildman–Crippen MR) is 66.7 cm³/mol. The lowest BCUT2D eigenvalue weighted by molar-refractivity contribution is -0.111. The summed E-state index contributed by atoms with van der Waals surface area (Å²) in [4.78, 5) is 11.8. The van der Waals surface area contributed by atoms with Crippen molar-refractivity contribution in [2.75, 3.05) is 0 Å². The summed E-state index contributed by atoms with van der Waals surface area (Å²) < 4.78 is 0. The lowest BCUT2D eigenvalue weighted by Gasteiger charge is -2.00. The molecule has 0 aromatic rings. The first kappa shape index (κ1) is 13.4. The molecule has 0 N–H and O–H groups in total. The molecular weight excluding hydrogens is 184 g/mol. The fourth-order valence-corrected chi connectivity index (χ4v) is 1.08. The van der Waals surface area contributed by atoms with E-state index in [9.17, 15) is 4.79 Å². The first-order chi connectivity index (χ1) is 7.21. The normalized spacial score (nSPS) is 13.8. The van der Waals surface area contributed by atoms with Gasteiger partial charge in [0, 0.05) is 11.1 Å². The molecule has 0 fully saturated rings. The molecule has 0 heterocycles. The van der Waals surface area contributed by atoms with Gasteiger partial charge in [0.05, 0.1) is 0 Å². The second-order valence-electron chi connectivity index (χ2n) is 2.91. The summed E-state index contributed by atoms with van der Waals surface area (Å²) in [7, 11) is 0. The molecule has 0 saturated carbocycles. The number of carbonyl (C=O) groups excluding carboxylic acids is 1. The Kier molecular flexibility index (Phi) is 6.90. The van der Waals surface area contributed by atoms with Crippen LogP contribution in [0.2, 0.25) is 0 Å². The average molecular weight is 202 g/mol. The molecule has 15 heavy (non-hydrogen) atoms. The van der Waals surface area contributed by atoms with Crippen LogP contribution in [-0.4, -0.2) is 5.78 Å². The molecule has 0 amide bonds. The zero-order valence-corrected chi connectivity index (χ0v) is 9.66. The highest BCUT2D eigenvalue weighted by molar-refractivity contribution is 6.11. The van der Waals surface area contributed by atoms with Gasteiger partial charge < -0.3 is 0 Å². The van der Waals surface area contributed by atoms with E-state index in [4.69, 9.17) is 0 Å². The van der Waals surface area contributed by atoms with Crippen molar-refractivity contribution in [1.82, 2.24) is 0 Å². The third-order valence-corrected chi connectivity index (χ3v) is 1.95. The van der Waals surface area contributed by atoms with Gasteiger partial charge in [-0.25, -0.2) is 0 Å². The van der Waals surface area contributed by atoms with Crippen LogP contribution in [0.4, 0.5) is 0 Å². The van der Waals surface area contributed by atoms with Gasteiger partial charge in [-0.1, -0.05) is 49.1 Å². The fraction of sp³-hybridized carbons (Fsp3) is 0.214. The van der Waals surface area contributed by atoms with E-state index in [0.29, 0.717) is 11.1 Å². The molecule has 1 heteroatoms. The zero-order chi connectivity index (χ0) is 11.7. The van der Waals surface area contributed by atoms with Crippen LogP contribution < -0.4 is 0 Å². The zero-order valence-electron chi connectivity index (χ0n) is 9.66. The Balaban J connectivity index is 4.86. The van der Waals surface area contributed by atoms with E-state index in [-0.39, 0.29) is 5.78 Å². The second-order valence-corrected chi connectivity index (χ2v) is 2.91. The first-order valence-electron chi connectivity index (χ1n) is 5.00. The van der Waals surface area contributed by atoms with Crippen molar-refractivity contribution >= 4 is 5.78 Å². The first-order valence-corrected chi connectivity index (χ1v) is 5.00. The lowest BCUT2D eigenvalue weighted by atomic mass is 10.0. The van der Waals surface area contributed by atoms with Crippen LogP contribution >= 0.6 is 0 Å². The van der Waals surface area contributed by atoms with Gasteiger partial charge in [0.25, 0.3) is 0 Å². The largest absolute Gasteiger partial charge is 0.289 e. The SMILES string of the molecule is C=C/C(=C\C)C(=O)C(/C=C\C=C/C)=C/C. The number of rotatable bonds is 5. The predicted octanol–water partition coefficient (Wildman–Crippen LogP) is 3.77. The molecule has 80 valence electrons. The summed E-state index contributed by atoms with van der Waals surface area (Å²) in [6.07, 6.45) is 12.6. The fourth-order valence-electron chi connectivity index (χ4n) is 1.08. The van der Waals surface area contributed by atoms with Crippen LogP contribution in [0.1, 0.15) is 20.8 Å². The summed E-state index contributed by atoms with van der Waals surface area (Å²) in [5.74, 6) is 0.00996. The van der Waals surface area contributed by atoms with Crippen LogP contribution in [0, 0.1) is 0 Å². The van der Waals surface area contributed by atoms with Crippen LogP contribution in [-0.2, 0) is 4.79 Å². The van der Waals surface area contributed by atoms with Crippen molar-refractivity contribution in [3.8, 4) is 0 Å². The molecule has 0 aromatic carbocycles. The van der Waals surface area contributed by atoms with Crippen LogP contribution in [0.25, 0.3) is 0 Å². The van der Waals surface area contributed by atoms with E-state index in [1.807, 2.05) is 39.0 Å². The highest BCUT2D eigenvalue weighted by Gasteiger charge is 2.07. The van der Waals surface area contributed by atoms with Crippen molar-refractivity contribution in [3.63, 3.8) is 0 Å². The molecular formula is C14H18O. The van der Waals surface area contributed by atoms with E-state index in [1.54, 1.807) is 24.3 Å². The maximum absolute atomic E-state index is 11.8. The Labute approximate surface area is 92.2 Å². The van der Waals surface area contributed by atoms with E-state index in [0.717, 1.165) is 0 Å². The van der Waals surface area contributed by atoms with Crippen molar-refractivity contribution in [1.29, 1.82) is 0 Å². The van der Waals surface area contributed by atoms with Crippen LogP contribution in [0.3, 0.4) is 0 Å². The second kappa shape index (κ2) is 7.74. The molecule has 0 atom stereocenters. The third kappa shape index (κ3) is 4.41. The average Bonchev–Trinajstić information content (AvgIpc) is 2.26. The third-order valence-electron chi connectivity index (χ3n) is 1.95. The van der Waals surface area contributed by atoms with E-state index in [2.05, 4.69) is 6.58 Å². The van der Waals surface area contributed by atoms with Gasteiger partial charge in [0.15, 0.2) is 5.78 Å². The lowest BCUT2D eigenvalue weighted by Crippen LogP contribution is -2.02. The maximum atomic E-state index is 11.8. The monoisotopic (exact) mass is 202 g/mol. The molecule has 0 unspecified atom stereocenters. The number of hydrogen-bond acceptors (Lipinski definition) is 1. The van der Waals surface area contributed by atoms with Gasteiger partial charge in [0.1, 0.15) is 0 Å². The quantitative estimate of drug-likeness (QED) is 0.490. The molecule has 0 aliphatic heterocycles. The summed E-state index contributed by atoms with van der Waals surface area (Å²) in [6.45, 7) is 9.23. The Hall–Kier alpha value is -1.63. The maximum Gasteiger partial charge on any atom is 0.192 e. The smallest absolute Gasteiger partial charge is 0.192 e. The number of allylic oxidation sites excluding steroid dienone is 9. The van der Waals surface area contributed by atoms with Gasteiger partial charge in [0.2, 0.25) is 0 Å². The van der Waals surface area contributed by atoms with Gasteiger partial charge in [-0.05, 0) is 20.8 Å². The summed E-state index contributed by atoms with van der Waals surface area (Å²) in [6, 6.07) is 0. The summed E-state index contributed by atoms with van der Waals surface area (Å²) in [5, 5.41) is 0. The number of Topliss-reactive ketones (excluding diaryl/α,β-unsaturated/α-hetero) is 1. The topological polar surface area (TPSA) is 17.1 Å². The van der Waals surface area contributed by atoms with Gasteiger partial charge in [-0.15, -0.1) is 0 Å². The van der Waals surface area contributed by atoms with E-state index in [1.165, 1.54) is 0 Å². The standard InChI is InChI=1S/C14H18O/c1-5-9-10-11-13(8-4)14(15)12(6-2)7-3/h5-11H,2H2,1,3-4H3/b9-5-,11-10-,12-7+,13-8+. The molecule has 0 bridgehead atoms. The van der Waals surface area contributed by atoms with Gasteiger partial charge >= 0.3 is 0 Å². The Morgan fingerprint density at radius 2 is 1.60 bits per heavy atom. The van der Waals surface area contributed by atoms with E-state index >= 15 is 0 Å². The number of carbonyl (C=O) groups is 1. The minimum absolute atomic E-state index is 0.00996. The Morgan fingerprint density at radius 3 is 2.00 bits per heavy atom. The molecule has 0 aliphatic rings. The molecule has 1 nitrogen and oxygen atoms in total. The van der Waals surface area contributed by atoms with Gasteiger partial charge in [-0.3, -0.25) is 4.79 Å².